The largest absolute Gasteiger partial charge is 0.371 e. The molecule has 1 saturated heterocycles. The number of likely N-dealkylation sites (N-methyl/N-ethyl adjacent to an activating group) is 1. The van der Waals surface area contributed by atoms with Gasteiger partial charge in [0.15, 0.2) is 0 Å². The fraction of sp³-hybridized carbons (Fsp3) is 0.706. The van der Waals surface area contributed by atoms with Crippen LogP contribution in [0.5, 0.6) is 0 Å². The van der Waals surface area contributed by atoms with Gasteiger partial charge in [-0.15, -0.1) is 11.3 Å². The summed E-state index contributed by atoms with van der Waals surface area (Å²) in [4.78, 5) is 11.6. The van der Waals surface area contributed by atoms with Crippen molar-refractivity contribution < 1.29 is 0 Å². The topological polar surface area (TPSA) is 30.9 Å². The summed E-state index contributed by atoms with van der Waals surface area (Å²) in [5, 5.41) is 5.18. The molecule has 1 aliphatic carbocycles. The van der Waals surface area contributed by atoms with E-state index in [1.54, 1.807) is 0 Å². The van der Waals surface area contributed by atoms with Crippen LogP contribution in [0, 0.1) is 6.92 Å². The van der Waals surface area contributed by atoms with Crippen LogP contribution in [0.4, 0.5) is 5.00 Å². The number of nitrogens with zero attached hydrogens (tertiary/aromatic N) is 3. The third-order valence-electron chi connectivity index (χ3n) is 5.23. The molecule has 4 nitrogen and oxygen atoms in total. The van der Waals surface area contributed by atoms with Gasteiger partial charge < -0.3 is 15.1 Å². The van der Waals surface area contributed by atoms with Crippen LogP contribution in [-0.4, -0.2) is 60.9 Å². The zero-order chi connectivity index (χ0) is 15.1. The predicted molar refractivity (Wildman–Crippen MR) is 94.3 cm³/mol. The number of rotatable bonds is 0. The highest BCUT2D eigenvalue weighted by Gasteiger charge is 2.32. The molecule has 3 heterocycles. The maximum Gasteiger partial charge on any atom is 0.134 e. The first-order valence-corrected chi connectivity index (χ1v) is 9.41. The smallest absolute Gasteiger partial charge is 0.134 e. The van der Waals surface area contributed by atoms with Crippen LogP contribution in [0.2, 0.25) is 0 Å². The molecule has 1 saturated carbocycles. The van der Waals surface area contributed by atoms with Gasteiger partial charge in [0, 0.05) is 37.1 Å². The molecule has 3 aliphatic rings. The molecule has 0 radical (unpaired) electrons. The normalized spacial score (nSPS) is 29.2. The van der Waals surface area contributed by atoms with Crippen LogP contribution in [-0.2, 0) is 0 Å². The molecule has 1 aromatic rings. The first-order valence-electron chi connectivity index (χ1n) is 8.59. The molecule has 22 heavy (non-hydrogen) atoms. The Morgan fingerprint density at radius 1 is 1.18 bits per heavy atom. The second-order valence-corrected chi connectivity index (χ2v) is 8.20. The Morgan fingerprint density at radius 2 is 1.95 bits per heavy atom. The summed E-state index contributed by atoms with van der Waals surface area (Å²) in [5.41, 5.74) is 1.35. The molecule has 1 N–H and O–H groups in total. The summed E-state index contributed by atoms with van der Waals surface area (Å²) in [6, 6.07) is 3.33. The van der Waals surface area contributed by atoms with Crippen LogP contribution in [0.3, 0.4) is 0 Å². The zero-order valence-corrected chi connectivity index (χ0v) is 14.5. The van der Waals surface area contributed by atoms with Gasteiger partial charge in [-0.05, 0) is 32.9 Å². The number of aliphatic imine (C=N–C) groups is 1. The van der Waals surface area contributed by atoms with E-state index in [9.17, 15) is 0 Å². The minimum absolute atomic E-state index is 0.461. The van der Waals surface area contributed by atoms with Gasteiger partial charge in [0.05, 0.1) is 16.6 Å². The summed E-state index contributed by atoms with van der Waals surface area (Å²) in [6.07, 6.45) is 5.17. The number of thiophene rings is 1. The molecule has 0 spiro atoms. The first-order chi connectivity index (χ1) is 10.7. The maximum absolute atomic E-state index is 5.27. The lowest BCUT2D eigenvalue weighted by molar-refractivity contribution is 0.215. The number of amidine groups is 1. The summed E-state index contributed by atoms with van der Waals surface area (Å²) in [5.74, 6) is 1.26. The van der Waals surface area contributed by atoms with Crippen LogP contribution < -0.4 is 5.32 Å². The zero-order valence-electron chi connectivity index (χ0n) is 13.6. The quantitative estimate of drug-likeness (QED) is 0.798. The Hall–Kier alpha value is -1.07. The van der Waals surface area contributed by atoms with Crippen molar-refractivity contribution in [3.63, 3.8) is 0 Å². The van der Waals surface area contributed by atoms with E-state index in [1.165, 1.54) is 47.0 Å². The van der Waals surface area contributed by atoms with Gasteiger partial charge in [-0.3, -0.25) is 4.99 Å². The molecule has 2 aliphatic heterocycles. The summed E-state index contributed by atoms with van der Waals surface area (Å²) < 4.78 is 0. The van der Waals surface area contributed by atoms with Gasteiger partial charge in [-0.2, -0.15) is 0 Å². The summed E-state index contributed by atoms with van der Waals surface area (Å²) >= 11 is 1.90. The number of piperazine rings is 1. The highest BCUT2D eigenvalue weighted by atomic mass is 32.1. The highest BCUT2D eigenvalue weighted by molar-refractivity contribution is 7.16. The molecule has 0 aromatic carbocycles. The first kappa shape index (κ1) is 14.5. The number of anilines is 1. The molecule has 120 valence electrons. The van der Waals surface area contributed by atoms with E-state index >= 15 is 0 Å². The summed E-state index contributed by atoms with van der Waals surface area (Å²) in [6.45, 7) is 6.68. The van der Waals surface area contributed by atoms with E-state index in [0.717, 1.165) is 26.2 Å². The summed E-state index contributed by atoms with van der Waals surface area (Å²) in [7, 11) is 2.21. The third-order valence-corrected chi connectivity index (χ3v) is 6.21. The highest BCUT2D eigenvalue weighted by Crippen LogP contribution is 2.36. The van der Waals surface area contributed by atoms with E-state index < -0.39 is 0 Å². The van der Waals surface area contributed by atoms with Crippen LogP contribution in [0.15, 0.2) is 11.1 Å². The van der Waals surface area contributed by atoms with Gasteiger partial charge in [0.2, 0.25) is 0 Å². The van der Waals surface area contributed by atoms with Gasteiger partial charge in [0.1, 0.15) is 5.84 Å². The second-order valence-electron chi connectivity index (χ2n) is 6.95. The third kappa shape index (κ3) is 2.65. The second kappa shape index (κ2) is 5.85. The molecule has 0 amide bonds. The average molecular weight is 318 g/mol. The lowest BCUT2D eigenvalue weighted by Crippen LogP contribution is -2.47. The molecular weight excluding hydrogens is 292 g/mol. The number of aryl methyl sites for hydroxylation is 1. The van der Waals surface area contributed by atoms with Crippen molar-refractivity contribution in [2.45, 2.75) is 44.7 Å². The minimum atomic E-state index is 0.461. The number of nitrogens with one attached hydrogen (secondary N) is 1. The molecule has 4 rings (SSSR count). The van der Waals surface area contributed by atoms with E-state index in [0.29, 0.717) is 12.1 Å². The Balaban J connectivity index is 1.70. The Labute approximate surface area is 137 Å². The minimum Gasteiger partial charge on any atom is -0.371 e. The monoisotopic (exact) mass is 318 g/mol. The van der Waals surface area contributed by atoms with Gasteiger partial charge in [0.25, 0.3) is 0 Å². The maximum atomic E-state index is 5.27. The Kier molecular flexibility index (Phi) is 3.86. The van der Waals surface area contributed by atoms with Gasteiger partial charge in [-0.1, -0.05) is 12.8 Å². The number of hydrogen-bond donors (Lipinski definition) is 1. The lowest BCUT2D eigenvalue weighted by atomic mass is 9.91. The number of fused-ring (bicyclic) bond motifs is 2. The van der Waals surface area contributed by atoms with Crippen LogP contribution in [0.1, 0.15) is 36.1 Å². The van der Waals surface area contributed by atoms with E-state index in [2.05, 4.69) is 35.2 Å². The molecule has 0 bridgehead atoms. The van der Waals surface area contributed by atoms with Gasteiger partial charge in [-0.25, -0.2) is 0 Å². The van der Waals surface area contributed by atoms with Crippen molar-refractivity contribution in [1.82, 2.24) is 9.80 Å². The average Bonchev–Trinajstić information content (AvgIpc) is 2.80. The van der Waals surface area contributed by atoms with Crippen molar-refractivity contribution in [3.8, 4) is 0 Å². The standard InChI is InChI=1S/C17H26N4S/c1-12-11-13-16(21-9-7-20(2)8-10-21)18-14-5-3-4-6-15(14)19-17(13)22-12/h11,14-15,19H,3-10H2,1-2H3. The molecule has 5 heteroatoms. The Bertz CT molecular complexity index is 571. The van der Waals surface area contributed by atoms with Crippen LogP contribution in [0.25, 0.3) is 0 Å². The molecule has 2 unspecified atom stereocenters. The van der Waals surface area contributed by atoms with Crippen molar-refractivity contribution >= 4 is 22.2 Å². The lowest BCUT2D eigenvalue weighted by Gasteiger charge is -2.35. The molecular formula is C17H26N4S. The molecule has 2 fully saturated rings. The SMILES string of the molecule is Cc1cc2c(s1)NC1CCCCC1N=C2N1CCN(C)CC1. The van der Waals surface area contributed by atoms with E-state index in [-0.39, 0.29) is 0 Å². The molecule has 2 atom stereocenters. The fourth-order valence-corrected chi connectivity index (χ4v) is 4.86. The fourth-order valence-electron chi connectivity index (χ4n) is 3.89. The van der Waals surface area contributed by atoms with Crippen molar-refractivity contribution in [2.24, 2.45) is 4.99 Å². The number of hydrogen-bond acceptors (Lipinski definition) is 5. The van der Waals surface area contributed by atoms with Crippen molar-refractivity contribution in [1.29, 1.82) is 0 Å². The Morgan fingerprint density at radius 3 is 2.77 bits per heavy atom. The van der Waals surface area contributed by atoms with Crippen LogP contribution >= 0.6 is 11.3 Å². The van der Waals surface area contributed by atoms with Gasteiger partial charge >= 0.3 is 0 Å². The van der Waals surface area contributed by atoms with Crippen molar-refractivity contribution in [2.75, 3.05) is 38.5 Å². The van der Waals surface area contributed by atoms with E-state index in [1.807, 2.05) is 11.3 Å². The van der Waals surface area contributed by atoms with E-state index in [4.69, 9.17) is 4.99 Å². The molecule has 1 aromatic heterocycles. The van der Waals surface area contributed by atoms with Crippen molar-refractivity contribution in [3.05, 3.63) is 16.5 Å². The predicted octanol–water partition coefficient (Wildman–Crippen LogP) is 2.79.